The van der Waals surface area contributed by atoms with Crippen LogP contribution in [-0.4, -0.2) is 56.8 Å². The number of hydrogen-bond donors (Lipinski definition) is 2. The Balaban J connectivity index is 3.95. The number of nitrogens with zero attached hydrogens (tertiary/aromatic N) is 1. The summed E-state index contributed by atoms with van der Waals surface area (Å²) in [4.78, 5) is 2.23. The van der Waals surface area contributed by atoms with Crippen LogP contribution in [0, 0.1) is 11.3 Å². The molecule has 0 saturated heterocycles. The maximum atomic E-state index is 7.41. The molecule has 0 aliphatic rings. The molecule has 0 saturated carbocycles. The summed E-state index contributed by atoms with van der Waals surface area (Å²) in [6.45, 7) is 11.4. The molecule has 5 nitrogen and oxygen atoms in total. The van der Waals surface area contributed by atoms with E-state index in [9.17, 15) is 0 Å². The molecule has 5 heteroatoms. The molecule has 0 aromatic rings. The van der Waals surface area contributed by atoms with Crippen LogP contribution in [0.2, 0.25) is 0 Å². The van der Waals surface area contributed by atoms with E-state index in [4.69, 9.17) is 20.6 Å². The maximum absolute atomic E-state index is 7.41. The third-order valence-electron chi connectivity index (χ3n) is 2.57. The fourth-order valence-corrected chi connectivity index (χ4v) is 1.46. The Hall–Kier alpha value is -0.650. The van der Waals surface area contributed by atoms with Gasteiger partial charge >= 0.3 is 0 Å². The molecule has 0 amide bonds. The first-order valence-electron chi connectivity index (χ1n) is 6.33. The van der Waals surface area contributed by atoms with Crippen LogP contribution in [0.25, 0.3) is 0 Å². The molecule has 1 atom stereocenters. The summed E-state index contributed by atoms with van der Waals surface area (Å²) in [7, 11) is 0. The van der Waals surface area contributed by atoms with Crippen molar-refractivity contribution in [3.8, 4) is 0 Å². The molecule has 1 unspecified atom stereocenters. The van der Waals surface area contributed by atoms with E-state index in [0.29, 0.717) is 13.2 Å². The van der Waals surface area contributed by atoms with Crippen molar-refractivity contribution in [1.82, 2.24) is 4.90 Å². The van der Waals surface area contributed by atoms with Gasteiger partial charge in [0.15, 0.2) is 0 Å². The number of hydrogen-bond acceptors (Lipinski definition) is 4. The van der Waals surface area contributed by atoms with Crippen LogP contribution < -0.4 is 5.73 Å². The largest absolute Gasteiger partial charge is 0.387 e. The van der Waals surface area contributed by atoms with E-state index >= 15 is 0 Å². The molecule has 17 heavy (non-hydrogen) atoms. The van der Waals surface area contributed by atoms with Gasteiger partial charge < -0.3 is 15.2 Å². The summed E-state index contributed by atoms with van der Waals surface area (Å²) in [6, 6.07) is 0. The van der Waals surface area contributed by atoms with Crippen molar-refractivity contribution in [3.05, 3.63) is 0 Å². The molecule has 0 fully saturated rings. The van der Waals surface area contributed by atoms with Crippen LogP contribution in [0.15, 0.2) is 0 Å². The molecule has 0 aromatic carbocycles. The number of nitrogens with one attached hydrogen (secondary N) is 1. The molecule has 102 valence electrons. The molecule has 0 radical (unpaired) electrons. The first kappa shape index (κ1) is 16.4. The zero-order valence-corrected chi connectivity index (χ0v) is 11.4. The van der Waals surface area contributed by atoms with Crippen LogP contribution in [0.1, 0.15) is 20.8 Å². The monoisotopic (exact) mass is 245 g/mol. The van der Waals surface area contributed by atoms with Gasteiger partial charge in [0.25, 0.3) is 0 Å². The summed E-state index contributed by atoms with van der Waals surface area (Å²) >= 11 is 0. The maximum Gasteiger partial charge on any atom is 0.0947 e. The first-order valence-corrected chi connectivity index (χ1v) is 6.33. The molecule has 0 heterocycles. The van der Waals surface area contributed by atoms with E-state index < -0.39 is 0 Å². The Morgan fingerprint density at radius 1 is 1.18 bits per heavy atom. The van der Waals surface area contributed by atoms with E-state index in [0.717, 1.165) is 32.8 Å². The minimum absolute atomic E-state index is 0.0817. The second-order valence-corrected chi connectivity index (χ2v) is 4.05. The summed E-state index contributed by atoms with van der Waals surface area (Å²) in [5.41, 5.74) is 5.49. The number of amidine groups is 1. The summed E-state index contributed by atoms with van der Waals surface area (Å²) in [5, 5.41) is 7.41. The smallest absolute Gasteiger partial charge is 0.0947 e. The Kier molecular flexibility index (Phi) is 10.1. The van der Waals surface area contributed by atoms with Gasteiger partial charge in [0.05, 0.1) is 19.0 Å². The Bertz CT molecular complexity index is 190. The Morgan fingerprint density at radius 2 is 1.65 bits per heavy atom. The lowest BCUT2D eigenvalue weighted by Crippen LogP contribution is -2.38. The molecular formula is C12H27N3O2. The highest BCUT2D eigenvalue weighted by molar-refractivity contribution is 5.79. The highest BCUT2D eigenvalue weighted by atomic mass is 16.5. The van der Waals surface area contributed by atoms with Gasteiger partial charge in [0.1, 0.15) is 0 Å². The van der Waals surface area contributed by atoms with Crippen molar-refractivity contribution >= 4 is 5.84 Å². The van der Waals surface area contributed by atoms with Gasteiger partial charge in [-0.15, -0.1) is 0 Å². The van der Waals surface area contributed by atoms with Gasteiger partial charge in [-0.3, -0.25) is 10.3 Å². The van der Waals surface area contributed by atoms with Crippen LogP contribution in [0.4, 0.5) is 0 Å². The summed E-state index contributed by atoms with van der Waals surface area (Å²) in [5.74, 6) is 0.320. The zero-order valence-electron chi connectivity index (χ0n) is 11.4. The van der Waals surface area contributed by atoms with Crippen LogP contribution in [-0.2, 0) is 9.47 Å². The number of nitrogens with two attached hydrogens (primary N) is 1. The van der Waals surface area contributed by atoms with Crippen LogP contribution in [0.3, 0.4) is 0 Å². The predicted octanol–water partition coefficient (Wildman–Crippen LogP) is 0.933. The molecule has 0 aliphatic heterocycles. The topological polar surface area (TPSA) is 71.6 Å². The van der Waals surface area contributed by atoms with Crippen molar-refractivity contribution in [2.75, 3.05) is 46.1 Å². The molecule has 0 rings (SSSR count). The van der Waals surface area contributed by atoms with Crippen molar-refractivity contribution in [1.29, 1.82) is 5.41 Å². The molecule has 0 bridgehead atoms. The van der Waals surface area contributed by atoms with Crippen LogP contribution >= 0.6 is 0 Å². The summed E-state index contributed by atoms with van der Waals surface area (Å²) in [6.07, 6.45) is 0. The highest BCUT2D eigenvalue weighted by Crippen LogP contribution is 2.00. The second-order valence-electron chi connectivity index (χ2n) is 4.05. The quantitative estimate of drug-likeness (QED) is 0.323. The number of ether oxygens (including phenoxy) is 2. The van der Waals surface area contributed by atoms with Gasteiger partial charge in [-0.1, -0.05) is 6.92 Å². The lowest BCUT2D eigenvalue weighted by Gasteiger charge is -2.24. The van der Waals surface area contributed by atoms with Gasteiger partial charge in [-0.25, -0.2) is 0 Å². The molecule has 0 spiro atoms. The molecular weight excluding hydrogens is 218 g/mol. The van der Waals surface area contributed by atoms with Gasteiger partial charge in [-0.2, -0.15) is 0 Å². The molecule has 0 aromatic heterocycles. The lowest BCUT2D eigenvalue weighted by atomic mass is 10.1. The SMILES string of the molecule is CCOCCN(CCOCC)CC(C)C(=N)N. The average Bonchev–Trinajstić information content (AvgIpc) is 2.29. The standard InChI is InChI=1S/C12H27N3O2/c1-4-16-8-6-15(7-9-17-5-2)10-11(3)12(13)14/h11H,4-10H2,1-3H3,(H3,13,14). The Labute approximate surface area is 105 Å². The van der Waals surface area contributed by atoms with E-state index in [-0.39, 0.29) is 11.8 Å². The van der Waals surface area contributed by atoms with Crippen molar-refractivity contribution in [2.24, 2.45) is 11.7 Å². The minimum Gasteiger partial charge on any atom is -0.387 e. The van der Waals surface area contributed by atoms with E-state index in [1.165, 1.54) is 0 Å². The third-order valence-corrected chi connectivity index (χ3v) is 2.57. The average molecular weight is 245 g/mol. The van der Waals surface area contributed by atoms with Gasteiger partial charge in [-0.05, 0) is 13.8 Å². The zero-order chi connectivity index (χ0) is 13.1. The molecule has 3 N–H and O–H groups in total. The predicted molar refractivity (Wildman–Crippen MR) is 70.5 cm³/mol. The van der Waals surface area contributed by atoms with Crippen LogP contribution in [0.5, 0.6) is 0 Å². The first-order chi connectivity index (χ1) is 8.11. The normalized spacial score (nSPS) is 12.9. The van der Waals surface area contributed by atoms with Gasteiger partial charge in [0, 0.05) is 38.8 Å². The van der Waals surface area contributed by atoms with E-state index in [1.54, 1.807) is 0 Å². The van der Waals surface area contributed by atoms with Crippen molar-refractivity contribution in [2.45, 2.75) is 20.8 Å². The minimum atomic E-state index is 0.0817. The summed E-state index contributed by atoms with van der Waals surface area (Å²) < 4.78 is 10.7. The fraction of sp³-hybridized carbons (Fsp3) is 0.917. The lowest BCUT2D eigenvalue weighted by molar-refractivity contribution is 0.0801. The van der Waals surface area contributed by atoms with E-state index in [2.05, 4.69) is 4.90 Å². The second kappa shape index (κ2) is 10.5. The van der Waals surface area contributed by atoms with Gasteiger partial charge in [0.2, 0.25) is 0 Å². The third kappa shape index (κ3) is 9.09. The van der Waals surface area contributed by atoms with E-state index in [1.807, 2.05) is 20.8 Å². The van der Waals surface area contributed by atoms with Crippen molar-refractivity contribution in [3.63, 3.8) is 0 Å². The number of rotatable bonds is 11. The fourth-order valence-electron chi connectivity index (χ4n) is 1.46. The Morgan fingerprint density at radius 3 is 2.00 bits per heavy atom. The highest BCUT2D eigenvalue weighted by Gasteiger charge is 2.12. The van der Waals surface area contributed by atoms with Crippen molar-refractivity contribution < 1.29 is 9.47 Å². The molecule has 0 aliphatic carbocycles.